The molecule has 0 aromatic heterocycles. The van der Waals surface area contributed by atoms with Crippen LogP contribution in [0.15, 0.2) is 18.2 Å². The standard InChI is InChI=1S/C12H14O3/c1-8-2-3-9(10(13)6-8)7-12(4-5-12)11(14)15/h2-3,6,13H,4-5,7H2,1H3,(H,14,15). The Labute approximate surface area is 88.4 Å². The minimum absolute atomic E-state index is 0.211. The van der Waals surface area contributed by atoms with Gasteiger partial charge in [-0.3, -0.25) is 4.79 Å². The summed E-state index contributed by atoms with van der Waals surface area (Å²) < 4.78 is 0. The van der Waals surface area contributed by atoms with Crippen LogP contribution in [0.5, 0.6) is 5.75 Å². The van der Waals surface area contributed by atoms with Gasteiger partial charge in [-0.1, -0.05) is 12.1 Å². The molecule has 1 aliphatic rings. The third-order valence-electron chi connectivity index (χ3n) is 3.08. The highest BCUT2D eigenvalue weighted by Gasteiger charge is 2.50. The molecular weight excluding hydrogens is 192 g/mol. The highest BCUT2D eigenvalue weighted by molar-refractivity contribution is 5.78. The summed E-state index contributed by atoms with van der Waals surface area (Å²) >= 11 is 0. The van der Waals surface area contributed by atoms with Crippen LogP contribution in [0.2, 0.25) is 0 Å². The Morgan fingerprint density at radius 3 is 2.60 bits per heavy atom. The lowest BCUT2D eigenvalue weighted by molar-refractivity contribution is -0.143. The first-order valence-electron chi connectivity index (χ1n) is 5.05. The highest BCUT2D eigenvalue weighted by Crippen LogP contribution is 2.49. The van der Waals surface area contributed by atoms with Gasteiger partial charge in [0.2, 0.25) is 0 Å². The summed E-state index contributed by atoms with van der Waals surface area (Å²) in [4.78, 5) is 11.0. The number of hydrogen-bond acceptors (Lipinski definition) is 2. The van der Waals surface area contributed by atoms with E-state index in [1.54, 1.807) is 6.07 Å². The number of carbonyl (C=O) groups is 1. The maximum absolute atomic E-state index is 11.0. The number of phenolic OH excluding ortho intramolecular Hbond substituents is 1. The van der Waals surface area contributed by atoms with Crippen molar-refractivity contribution in [3.8, 4) is 5.75 Å². The van der Waals surface area contributed by atoms with Crippen molar-refractivity contribution >= 4 is 5.97 Å². The van der Waals surface area contributed by atoms with Crippen LogP contribution >= 0.6 is 0 Å². The van der Waals surface area contributed by atoms with Gasteiger partial charge in [0.05, 0.1) is 5.41 Å². The largest absolute Gasteiger partial charge is 0.508 e. The van der Waals surface area contributed by atoms with Gasteiger partial charge in [-0.15, -0.1) is 0 Å². The highest BCUT2D eigenvalue weighted by atomic mass is 16.4. The number of aromatic hydroxyl groups is 1. The van der Waals surface area contributed by atoms with Crippen molar-refractivity contribution in [3.63, 3.8) is 0 Å². The molecule has 0 saturated heterocycles. The fourth-order valence-electron chi connectivity index (χ4n) is 1.81. The molecule has 0 radical (unpaired) electrons. The minimum Gasteiger partial charge on any atom is -0.508 e. The van der Waals surface area contributed by atoms with Crippen molar-refractivity contribution in [2.45, 2.75) is 26.2 Å². The molecule has 80 valence electrons. The molecule has 0 bridgehead atoms. The zero-order chi connectivity index (χ0) is 11.1. The third kappa shape index (κ3) is 1.82. The minimum atomic E-state index is -0.748. The number of phenols is 1. The van der Waals surface area contributed by atoms with Gasteiger partial charge in [0.25, 0.3) is 0 Å². The van der Waals surface area contributed by atoms with Gasteiger partial charge in [0, 0.05) is 0 Å². The number of aliphatic carboxylic acids is 1. The van der Waals surface area contributed by atoms with Crippen LogP contribution in [0.3, 0.4) is 0 Å². The van der Waals surface area contributed by atoms with Crippen molar-refractivity contribution in [1.29, 1.82) is 0 Å². The van der Waals surface area contributed by atoms with Crippen molar-refractivity contribution in [3.05, 3.63) is 29.3 Å². The Bertz CT molecular complexity index is 405. The second kappa shape index (κ2) is 3.26. The molecule has 15 heavy (non-hydrogen) atoms. The van der Waals surface area contributed by atoms with Gasteiger partial charge in [0.1, 0.15) is 5.75 Å². The van der Waals surface area contributed by atoms with E-state index in [0.29, 0.717) is 6.42 Å². The van der Waals surface area contributed by atoms with Gasteiger partial charge >= 0.3 is 5.97 Å². The van der Waals surface area contributed by atoms with Gasteiger partial charge in [-0.05, 0) is 43.4 Å². The topological polar surface area (TPSA) is 57.5 Å². The molecule has 2 N–H and O–H groups in total. The Kier molecular flexibility index (Phi) is 2.18. The summed E-state index contributed by atoms with van der Waals surface area (Å²) in [6.45, 7) is 1.90. The van der Waals surface area contributed by atoms with Crippen molar-refractivity contribution in [1.82, 2.24) is 0 Å². The van der Waals surface area contributed by atoms with E-state index in [1.807, 2.05) is 19.1 Å². The van der Waals surface area contributed by atoms with E-state index >= 15 is 0 Å². The molecule has 3 heteroatoms. The van der Waals surface area contributed by atoms with Gasteiger partial charge in [0.15, 0.2) is 0 Å². The molecule has 0 spiro atoms. The summed E-state index contributed by atoms with van der Waals surface area (Å²) in [6, 6.07) is 5.38. The van der Waals surface area contributed by atoms with E-state index in [1.165, 1.54) is 0 Å². The average molecular weight is 206 g/mol. The lowest BCUT2D eigenvalue weighted by Crippen LogP contribution is -2.17. The quantitative estimate of drug-likeness (QED) is 0.796. The van der Waals surface area contributed by atoms with Crippen molar-refractivity contribution < 1.29 is 15.0 Å². The zero-order valence-electron chi connectivity index (χ0n) is 8.66. The van der Waals surface area contributed by atoms with E-state index in [0.717, 1.165) is 24.0 Å². The molecule has 1 aliphatic carbocycles. The van der Waals surface area contributed by atoms with E-state index in [2.05, 4.69) is 0 Å². The van der Waals surface area contributed by atoms with Gasteiger partial charge in [-0.25, -0.2) is 0 Å². The zero-order valence-corrected chi connectivity index (χ0v) is 8.66. The first kappa shape index (κ1) is 10.0. The first-order valence-corrected chi connectivity index (χ1v) is 5.05. The van der Waals surface area contributed by atoms with Gasteiger partial charge < -0.3 is 10.2 Å². The van der Waals surface area contributed by atoms with Crippen LogP contribution in [0.25, 0.3) is 0 Å². The summed E-state index contributed by atoms with van der Waals surface area (Å²) in [6.07, 6.45) is 1.87. The second-order valence-electron chi connectivity index (χ2n) is 4.39. The fraction of sp³-hybridized carbons (Fsp3) is 0.417. The molecule has 1 fully saturated rings. The Balaban J connectivity index is 2.21. The van der Waals surface area contributed by atoms with Crippen molar-refractivity contribution in [2.75, 3.05) is 0 Å². The lowest BCUT2D eigenvalue weighted by Gasteiger charge is -2.11. The monoisotopic (exact) mass is 206 g/mol. The van der Waals surface area contributed by atoms with Crippen LogP contribution in [-0.4, -0.2) is 16.2 Å². The van der Waals surface area contributed by atoms with E-state index in [-0.39, 0.29) is 5.75 Å². The molecule has 0 atom stereocenters. The Morgan fingerprint density at radius 2 is 2.13 bits per heavy atom. The predicted molar refractivity (Wildman–Crippen MR) is 55.9 cm³/mol. The number of hydrogen-bond donors (Lipinski definition) is 2. The van der Waals surface area contributed by atoms with Crippen LogP contribution in [0, 0.1) is 12.3 Å². The summed E-state index contributed by atoms with van der Waals surface area (Å²) in [5.41, 5.74) is 1.11. The van der Waals surface area contributed by atoms with E-state index in [9.17, 15) is 9.90 Å². The second-order valence-corrected chi connectivity index (χ2v) is 4.39. The molecule has 0 heterocycles. The molecule has 1 saturated carbocycles. The molecule has 2 rings (SSSR count). The fourth-order valence-corrected chi connectivity index (χ4v) is 1.81. The molecule has 0 aliphatic heterocycles. The van der Waals surface area contributed by atoms with Crippen LogP contribution in [0.1, 0.15) is 24.0 Å². The van der Waals surface area contributed by atoms with Crippen LogP contribution in [-0.2, 0) is 11.2 Å². The molecule has 0 unspecified atom stereocenters. The molecule has 1 aromatic carbocycles. The SMILES string of the molecule is Cc1ccc(CC2(C(=O)O)CC2)c(O)c1. The summed E-state index contributed by atoms with van der Waals surface area (Å²) in [7, 11) is 0. The Hall–Kier alpha value is -1.51. The summed E-state index contributed by atoms with van der Waals surface area (Å²) in [5.74, 6) is -0.537. The average Bonchev–Trinajstić information content (AvgIpc) is 2.91. The summed E-state index contributed by atoms with van der Waals surface area (Å²) in [5, 5.41) is 18.7. The molecule has 0 amide bonds. The third-order valence-corrected chi connectivity index (χ3v) is 3.08. The maximum atomic E-state index is 11.0. The predicted octanol–water partition coefficient (Wildman–Crippen LogP) is 2.11. The number of carboxylic acids is 1. The first-order chi connectivity index (χ1) is 7.03. The van der Waals surface area contributed by atoms with Crippen LogP contribution in [0.4, 0.5) is 0 Å². The number of carboxylic acid groups (broad SMARTS) is 1. The van der Waals surface area contributed by atoms with E-state index < -0.39 is 11.4 Å². The number of aryl methyl sites for hydroxylation is 1. The number of rotatable bonds is 3. The smallest absolute Gasteiger partial charge is 0.309 e. The molecule has 1 aromatic rings. The van der Waals surface area contributed by atoms with Crippen LogP contribution < -0.4 is 0 Å². The van der Waals surface area contributed by atoms with Gasteiger partial charge in [-0.2, -0.15) is 0 Å². The normalized spacial score (nSPS) is 17.4. The molecule has 3 nitrogen and oxygen atoms in total. The maximum Gasteiger partial charge on any atom is 0.309 e. The van der Waals surface area contributed by atoms with Crippen molar-refractivity contribution in [2.24, 2.45) is 5.41 Å². The molecular formula is C12H14O3. The Morgan fingerprint density at radius 1 is 1.47 bits per heavy atom. The number of benzene rings is 1. The van der Waals surface area contributed by atoms with E-state index in [4.69, 9.17) is 5.11 Å². The lowest BCUT2D eigenvalue weighted by atomic mass is 9.95.